The number of nitrogens with one attached hydrogen (secondary N) is 1. The highest BCUT2D eigenvalue weighted by atomic mass is 35.5. The van der Waals surface area contributed by atoms with Crippen LogP contribution >= 0.6 is 46.1 Å². The molecule has 5 nitrogen and oxygen atoms in total. The van der Waals surface area contributed by atoms with Crippen molar-refractivity contribution in [3.63, 3.8) is 0 Å². The van der Waals surface area contributed by atoms with Crippen molar-refractivity contribution in [3.8, 4) is 10.6 Å². The summed E-state index contributed by atoms with van der Waals surface area (Å²) in [6, 6.07) is 17.1. The van der Waals surface area contributed by atoms with Gasteiger partial charge in [0.05, 0.1) is 36.0 Å². The summed E-state index contributed by atoms with van der Waals surface area (Å²) in [6.45, 7) is -0.462. The van der Waals surface area contributed by atoms with E-state index in [0.717, 1.165) is 4.88 Å². The number of benzene rings is 2. The number of aromatic nitrogens is 1. The summed E-state index contributed by atoms with van der Waals surface area (Å²) in [5, 5.41) is 3.92. The van der Waals surface area contributed by atoms with E-state index in [2.05, 4.69) is 10.3 Å². The van der Waals surface area contributed by atoms with Crippen LogP contribution in [0.15, 0.2) is 60.7 Å². The first-order valence-electron chi connectivity index (χ1n) is 8.98. The number of ether oxygens (including phenoxy) is 1. The number of anilines is 1. The van der Waals surface area contributed by atoms with Crippen molar-refractivity contribution in [1.29, 1.82) is 0 Å². The minimum atomic E-state index is -0.633. The van der Waals surface area contributed by atoms with Gasteiger partial charge in [-0.3, -0.25) is 4.79 Å². The van der Waals surface area contributed by atoms with Gasteiger partial charge < -0.3 is 10.1 Å². The first-order valence-corrected chi connectivity index (χ1v) is 10.9. The molecular weight excluding hydrogens is 479 g/mol. The van der Waals surface area contributed by atoms with Crippen molar-refractivity contribution in [2.24, 2.45) is 0 Å². The van der Waals surface area contributed by atoms with Crippen LogP contribution in [0.5, 0.6) is 0 Å². The summed E-state index contributed by atoms with van der Waals surface area (Å²) < 4.78 is 5.88. The Hall–Kier alpha value is -2.64. The molecule has 2 heterocycles. The average molecular weight is 492 g/mol. The predicted molar refractivity (Wildman–Crippen MR) is 125 cm³/mol. The molecule has 2 aromatic heterocycles. The molecule has 0 aliphatic rings. The second-order valence-electron chi connectivity index (χ2n) is 6.43. The molecule has 31 heavy (non-hydrogen) atoms. The smallest absolute Gasteiger partial charge is 0.339 e. The second kappa shape index (κ2) is 9.24. The van der Waals surface area contributed by atoms with Crippen LogP contribution in [0.1, 0.15) is 10.4 Å². The standard InChI is InChI=1S/C22H13Cl3N2O3S/c23-15-6-5-12(9-16(15)24)26-21(28)11-30-22(29)14-10-18(19-7-8-20(25)31-19)27-17-4-2-1-3-13(14)17/h1-10H,11H2,(H,26,28). The maximum atomic E-state index is 12.8. The van der Waals surface area contributed by atoms with E-state index in [1.54, 1.807) is 36.4 Å². The number of hydrogen-bond donors (Lipinski definition) is 1. The second-order valence-corrected chi connectivity index (χ2v) is 8.96. The van der Waals surface area contributed by atoms with Crippen molar-refractivity contribution < 1.29 is 14.3 Å². The number of amides is 1. The van der Waals surface area contributed by atoms with Gasteiger partial charge in [-0.1, -0.05) is 53.0 Å². The summed E-state index contributed by atoms with van der Waals surface area (Å²) in [6.07, 6.45) is 0. The van der Waals surface area contributed by atoms with Crippen LogP contribution in [-0.4, -0.2) is 23.5 Å². The normalized spacial score (nSPS) is 10.8. The highest BCUT2D eigenvalue weighted by molar-refractivity contribution is 7.19. The Morgan fingerprint density at radius 1 is 0.968 bits per heavy atom. The SMILES string of the molecule is O=C(COC(=O)c1cc(-c2ccc(Cl)s2)nc2ccccc12)Nc1ccc(Cl)c(Cl)c1. The number of halogens is 3. The molecule has 0 aliphatic carbocycles. The van der Waals surface area contributed by atoms with Crippen molar-refractivity contribution in [1.82, 2.24) is 4.98 Å². The predicted octanol–water partition coefficient (Wildman–Crippen LogP) is 6.72. The molecule has 0 atom stereocenters. The van der Waals surface area contributed by atoms with Gasteiger partial charge in [-0.2, -0.15) is 0 Å². The summed E-state index contributed by atoms with van der Waals surface area (Å²) in [7, 11) is 0. The van der Waals surface area contributed by atoms with Gasteiger partial charge >= 0.3 is 5.97 Å². The number of nitrogens with zero attached hydrogens (tertiary/aromatic N) is 1. The molecule has 0 radical (unpaired) electrons. The molecule has 4 aromatic rings. The van der Waals surface area contributed by atoms with Crippen LogP contribution in [0, 0.1) is 0 Å². The minimum absolute atomic E-state index is 0.306. The molecule has 0 fully saturated rings. The first kappa shape index (κ1) is 21.6. The highest BCUT2D eigenvalue weighted by Gasteiger charge is 2.17. The van der Waals surface area contributed by atoms with Crippen LogP contribution in [0.25, 0.3) is 21.5 Å². The van der Waals surface area contributed by atoms with E-state index in [-0.39, 0.29) is 0 Å². The van der Waals surface area contributed by atoms with Gasteiger partial charge in [-0.25, -0.2) is 9.78 Å². The molecule has 156 valence electrons. The van der Waals surface area contributed by atoms with E-state index < -0.39 is 18.5 Å². The largest absolute Gasteiger partial charge is 0.452 e. The molecule has 9 heteroatoms. The molecule has 0 spiro atoms. The van der Waals surface area contributed by atoms with Gasteiger partial charge in [0.1, 0.15) is 0 Å². The summed E-state index contributed by atoms with van der Waals surface area (Å²) in [5.41, 5.74) is 1.99. The number of esters is 1. The lowest BCUT2D eigenvalue weighted by atomic mass is 10.1. The number of carbonyl (C=O) groups is 2. The van der Waals surface area contributed by atoms with Gasteiger partial charge in [-0.05, 0) is 42.5 Å². The zero-order chi connectivity index (χ0) is 22.0. The molecule has 4 rings (SSSR count). The van der Waals surface area contributed by atoms with Gasteiger partial charge in [-0.15, -0.1) is 11.3 Å². The highest BCUT2D eigenvalue weighted by Crippen LogP contribution is 2.32. The topological polar surface area (TPSA) is 68.3 Å². The van der Waals surface area contributed by atoms with Crippen molar-refractivity contribution in [3.05, 3.63) is 80.6 Å². The van der Waals surface area contributed by atoms with Gasteiger partial charge in [0, 0.05) is 11.1 Å². The van der Waals surface area contributed by atoms with Gasteiger partial charge in [0.25, 0.3) is 5.91 Å². The van der Waals surface area contributed by atoms with Crippen LogP contribution in [0.4, 0.5) is 5.69 Å². The molecule has 0 saturated heterocycles. The number of fused-ring (bicyclic) bond motifs is 1. The zero-order valence-electron chi connectivity index (χ0n) is 15.7. The van der Waals surface area contributed by atoms with Gasteiger partial charge in [0.2, 0.25) is 0 Å². The fourth-order valence-electron chi connectivity index (χ4n) is 2.90. The number of para-hydroxylation sites is 1. The van der Waals surface area contributed by atoms with E-state index in [0.29, 0.717) is 42.2 Å². The molecule has 0 saturated carbocycles. The van der Waals surface area contributed by atoms with Crippen LogP contribution in [0.2, 0.25) is 14.4 Å². The minimum Gasteiger partial charge on any atom is -0.452 e. The Balaban J connectivity index is 1.54. The number of carbonyl (C=O) groups excluding carboxylic acids is 2. The lowest BCUT2D eigenvalue weighted by Crippen LogP contribution is -2.21. The van der Waals surface area contributed by atoms with Crippen LogP contribution in [-0.2, 0) is 9.53 Å². The summed E-state index contributed by atoms with van der Waals surface area (Å²) >= 11 is 19.2. The maximum absolute atomic E-state index is 12.8. The quantitative estimate of drug-likeness (QED) is 0.315. The van der Waals surface area contributed by atoms with E-state index in [9.17, 15) is 9.59 Å². The fraction of sp³-hybridized carbons (Fsp3) is 0.0455. The Kier molecular flexibility index (Phi) is 6.43. The molecular formula is C22H13Cl3N2O3S. The van der Waals surface area contributed by atoms with E-state index in [1.807, 2.05) is 18.2 Å². The van der Waals surface area contributed by atoms with Crippen LogP contribution < -0.4 is 5.32 Å². The molecule has 1 N–H and O–H groups in total. The Labute approximate surface area is 196 Å². The van der Waals surface area contributed by atoms with Crippen molar-refractivity contribution >= 4 is 74.6 Å². The maximum Gasteiger partial charge on any atom is 0.339 e. The molecule has 0 unspecified atom stereocenters. The van der Waals surface area contributed by atoms with Crippen molar-refractivity contribution in [2.45, 2.75) is 0 Å². The number of hydrogen-bond acceptors (Lipinski definition) is 5. The summed E-state index contributed by atoms with van der Waals surface area (Å²) in [5.74, 6) is -1.14. The fourth-order valence-corrected chi connectivity index (χ4v) is 4.20. The molecule has 2 aromatic carbocycles. The third kappa shape index (κ3) is 4.99. The number of thiophene rings is 1. The van der Waals surface area contributed by atoms with Crippen LogP contribution in [0.3, 0.4) is 0 Å². The van der Waals surface area contributed by atoms with E-state index in [1.165, 1.54) is 17.4 Å². The molecule has 0 aliphatic heterocycles. The number of rotatable bonds is 5. The monoisotopic (exact) mass is 490 g/mol. The lowest BCUT2D eigenvalue weighted by Gasteiger charge is -2.10. The molecule has 1 amide bonds. The van der Waals surface area contributed by atoms with Crippen molar-refractivity contribution in [2.75, 3.05) is 11.9 Å². The summed E-state index contributed by atoms with van der Waals surface area (Å²) in [4.78, 5) is 30.5. The van der Waals surface area contributed by atoms with E-state index >= 15 is 0 Å². The number of pyridine rings is 1. The van der Waals surface area contributed by atoms with E-state index in [4.69, 9.17) is 39.5 Å². The molecule has 0 bridgehead atoms. The Morgan fingerprint density at radius 2 is 1.77 bits per heavy atom. The Bertz CT molecular complexity index is 1310. The van der Waals surface area contributed by atoms with Gasteiger partial charge in [0.15, 0.2) is 6.61 Å². The zero-order valence-corrected chi connectivity index (χ0v) is 18.8. The third-order valence-corrected chi connectivity index (χ3v) is 6.29. The third-order valence-electron chi connectivity index (χ3n) is 4.30. The average Bonchev–Trinajstić information content (AvgIpc) is 3.20. The first-order chi connectivity index (χ1) is 14.9. The Morgan fingerprint density at radius 3 is 2.52 bits per heavy atom. The lowest BCUT2D eigenvalue weighted by molar-refractivity contribution is -0.119.